The van der Waals surface area contributed by atoms with E-state index in [4.69, 9.17) is 0 Å². The van der Waals surface area contributed by atoms with Gasteiger partial charge in [0.2, 0.25) is 0 Å². The molecule has 4 heterocycles. The first-order valence-electron chi connectivity index (χ1n) is 11.2. The van der Waals surface area contributed by atoms with E-state index in [1.807, 2.05) is 61.7 Å². The SMILES string of the molecule is C=C(/C=C\C(=C/C)Cn1cc(NC(=O)c2c[nH]c(=O)c(-c3cc4ccccc4[nH]3)c2)cn1)C1C=N1. The average Bonchev–Trinajstić information content (AvgIpc) is 3.49. The molecule has 0 aliphatic carbocycles. The van der Waals surface area contributed by atoms with Gasteiger partial charge in [-0.3, -0.25) is 19.3 Å². The number of carbonyl (C=O) groups excluding carboxylic acids is 1. The Kier molecular flexibility index (Phi) is 5.85. The van der Waals surface area contributed by atoms with Crippen LogP contribution in [0.1, 0.15) is 17.3 Å². The topological polar surface area (TPSA) is 108 Å². The minimum atomic E-state index is -0.343. The van der Waals surface area contributed by atoms with Crippen LogP contribution in [0.2, 0.25) is 0 Å². The summed E-state index contributed by atoms with van der Waals surface area (Å²) < 4.78 is 1.74. The number of benzene rings is 1. The average molecular weight is 465 g/mol. The first kappa shape index (κ1) is 22.1. The summed E-state index contributed by atoms with van der Waals surface area (Å²) >= 11 is 0. The monoisotopic (exact) mass is 464 g/mol. The van der Waals surface area contributed by atoms with Crippen molar-refractivity contribution in [3.05, 3.63) is 107 Å². The second kappa shape index (κ2) is 9.26. The summed E-state index contributed by atoms with van der Waals surface area (Å²) in [6, 6.07) is 11.4. The van der Waals surface area contributed by atoms with Gasteiger partial charge in [-0.05, 0) is 36.3 Å². The van der Waals surface area contributed by atoms with E-state index in [1.165, 1.54) is 6.20 Å². The van der Waals surface area contributed by atoms with Gasteiger partial charge in [-0.1, -0.05) is 43.0 Å². The molecule has 0 radical (unpaired) electrons. The van der Waals surface area contributed by atoms with Crippen LogP contribution in [0.15, 0.2) is 101 Å². The molecule has 1 atom stereocenters. The van der Waals surface area contributed by atoms with Gasteiger partial charge in [0.05, 0.1) is 35.2 Å². The summed E-state index contributed by atoms with van der Waals surface area (Å²) in [6.07, 6.45) is 12.6. The lowest BCUT2D eigenvalue weighted by Gasteiger charge is -2.05. The Morgan fingerprint density at radius 3 is 2.86 bits per heavy atom. The van der Waals surface area contributed by atoms with Crippen LogP contribution in [0.25, 0.3) is 22.2 Å². The van der Waals surface area contributed by atoms with E-state index in [2.05, 4.69) is 32.0 Å². The zero-order chi connectivity index (χ0) is 24.4. The lowest BCUT2D eigenvalue weighted by molar-refractivity contribution is 0.102. The fraction of sp³-hybridized carbons (Fsp3) is 0.111. The predicted molar refractivity (Wildman–Crippen MR) is 139 cm³/mol. The molecule has 1 aliphatic rings. The van der Waals surface area contributed by atoms with Gasteiger partial charge in [0.1, 0.15) is 6.04 Å². The molecule has 3 N–H and O–H groups in total. The van der Waals surface area contributed by atoms with E-state index in [9.17, 15) is 9.59 Å². The quantitative estimate of drug-likeness (QED) is 0.335. The zero-order valence-corrected chi connectivity index (χ0v) is 19.2. The number of allylic oxidation sites excluding steroid dienone is 3. The minimum absolute atomic E-state index is 0.139. The Balaban J connectivity index is 1.28. The molecule has 174 valence electrons. The third-order valence-electron chi connectivity index (χ3n) is 5.78. The van der Waals surface area contributed by atoms with Gasteiger partial charge in [0.15, 0.2) is 0 Å². The van der Waals surface area contributed by atoms with Crippen LogP contribution in [0, 0.1) is 0 Å². The highest BCUT2D eigenvalue weighted by Crippen LogP contribution is 2.22. The summed E-state index contributed by atoms with van der Waals surface area (Å²) in [5.41, 5.74) is 4.59. The largest absolute Gasteiger partial charge is 0.354 e. The Morgan fingerprint density at radius 1 is 1.26 bits per heavy atom. The number of aliphatic imine (C=N–C) groups is 1. The van der Waals surface area contributed by atoms with Crippen molar-refractivity contribution >= 4 is 28.7 Å². The predicted octanol–water partition coefficient (Wildman–Crippen LogP) is 4.48. The number of amides is 1. The number of rotatable bonds is 8. The van der Waals surface area contributed by atoms with Gasteiger partial charge in [-0.15, -0.1) is 0 Å². The van der Waals surface area contributed by atoms with Crippen molar-refractivity contribution in [1.29, 1.82) is 0 Å². The van der Waals surface area contributed by atoms with Crippen LogP contribution in [0.3, 0.4) is 0 Å². The lowest BCUT2D eigenvalue weighted by atomic mass is 10.1. The van der Waals surface area contributed by atoms with Crippen LogP contribution >= 0.6 is 0 Å². The van der Waals surface area contributed by atoms with Crippen molar-refractivity contribution in [3.63, 3.8) is 0 Å². The van der Waals surface area contributed by atoms with Crippen molar-refractivity contribution in [3.8, 4) is 11.3 Å². The summed E-state index contributed by atoms with van der Waals surface area (Å²) in [7, 11) is 0. The first-order valence-corrected chi connectivity index (χ1v) is 11.2. The number of anilines is 1. The van der Waals surface area contributed by atoms with E-state index in [-0.39, 0.29) is 17.5 Å². The maximum Gasteiger partial charge on any atom is 0.257 e. The Morgan fingerprint density at radius 2 is 2.09 bits per heavy atom. The molecule has 5 rings (SSSR count). The normalized spacial score (nSPS) is 15.1. The molecule has 3 aromatic heterocycles. The van der Waals surface area contributed by atoms with Crippen molar-refractivity contribution in [2.75, 3.05) is 5.32 Å². The molecule has 8 heteroatoms. The molecule has 8 nitrogen and oxygen atoms in total. The van der Waals surface area contributed by atoms with Gasteiger partial charge < -0.3 is 15.3 Å². The maximum absolute atomic E-state index is 12.9. The smallest absolute Gasteiger partial charge is 0.257 e. The van der Waals surface area contributed by atoms with Crippen LogP contribution < -0.4 is 10.9 Å². The number of aromatic nitrogens is 4. The number of carbonyl (C=O) groups is 1. The number of aromatic amines is 2. The Bertz CT molecular complexity index is 1540. The number of H-pyrrole nitrogens is 2. The summed E-state index contributed by atoms with van der Waals surface area (Å²) in [6.45, 7) is 6.51. The molecular weight excluding hydrogens is 440 g/mol. The Hall–Kier alpha value is -4.72. The first-order chi connectivity index (χ1) is 17.0. The van der Waals surface area contributed by atoms with E-state index in [1.54, 1.807) is 23.1 Å². The highest BCUT2D eigenvalue weighted by molar-refractivity contribution is 6.04. The summed E-state index contributed by atoms with van der Waals surface area (Å²) in [5.74, 6) is -0.343. The summed E-state index contributed by atoms with van der Waals surface area (Å²) in [4.78, 5) is 35.4. The molecule has 1 aliphatic heterocycles. The third-order valence-corrected chi connectivity index (χ3v) is 5.78. The zero-order valence-electron chi connectivity index (χ0n) is 19.2. The van der Waals surface area contributed by atoms with Gasteiger partial charge in [0, 0.05) is 29.5 Å². The van der Waals surface area contributed by atoms with Gasteiger partial charge in [-0.25, -0.2) is 0 Å². The number of fused-ring (bicyclic) bond motifs is 1. The number of hydrogen-bond acceptors (Lipinski definition) is 4. The fourth-order valence-electron chi connectivity index (χ4n) is 3.73. The van der Waals surface area contributed by atoms with Crippen LogP contribution in [-0.4, -0.2) is 37.9 Å². The molecule has 35 heavy (non-hydrogen) atoms. The standard InChI is InChI=1S/C27H24N6O2/c1-3-18(9-8-17(2)25-14-28-25)15-33-16-21(13-30-33)31-26(34)20-10-22(27(35)29-12-20)24-11-19-6-4-5-7-23(19)32-24/h3-14,16,25,32H,2,15H2,1H3,(H,29,35)(H,31,34)/b9-8-,18-3+. The van der Waals surface area contributed by atoms with Crippen LogP contribution in [0.5, 0.6) is 0 Å². The van der Waals surface area contributed by atoms with Crippen molar-refractivity contribution in [2.24, 2.45) is 4.99 Å². The highest BCUT2D eigenvalue weighted by atomic mass is 16.2. The maximum atomic E-state index is 12.9. The molecule has 1 amide bonds. The molecule has 1 aromatic carbocycles. The van der Waals surface area contributed by atoms with Gasteiger partial charge in [0.25, 0.3) is 11.5 Å². The van der Waals surface area contributed by atoms with Gasteiger partial charge >= 0.3 is 0 Å². The van der Waals surface area contributed by atoms with Crippen molar-refractivity contribution < 1.29 is 4.79 Å². The Labute approximate surface area is 201 Å². The van der Waals surface area contributed by atoms with E-state index in [0.717, 1.165) is 22.0 Å². The molecule has 1 unspecified atom stereocenters. The lowest BCUT2D eigenvalue weighted by Crippen LogP contribution is -2.16. The van der Waals surface area contributed by atoms with Crippen LogP contribution in [0.4, 0.5) is 5.69 Å². The molecule has 0 saturated carbocycles. The number of hydrogen-bond donors (Lipinski definition) is 3. The van der Waals surface area contributed by atoms with E-state index in [0.29, 0.717) is 29.1 Å². The molecule has 0 saturated heterocycles. The molecule has 0 spiro atoms. The number of para-hydroxylation sites is 1. The third kappa shape index (κ3) is 4.96. The highest BCUT2D eigenvalue weighted by Gasteiger charge is 2.15. The van der Waals surface area contributed by atoms with Gasteiger partial charge in [-0.2, -0.15) is 5.10 Å². The minimum Gasteiger partial charge on any atom is -0.354 e. The summed E-state index contributed by atoms with van der Waals surface area (Å²) in [5, 5.41) is 8.18. The molecular formula is C27H24N6O2. The molecule has 0 fully saturated rings. The second-order valence-electron chi connectivity index (χ2n) is 8.30. The van der Waals surface area contributed by atoms with E-state index < -0.39 is 0 Å². The van der Waals surface area contributed by atoms with Crippen LogP contribution in [-0.2, 0) is 6.54 Å². The number of nitrogens with zero attached hydrogens (tertiary/aromatic N) is 3. The molecule has 0 bridgehead atoms. The van der Waals surface area contributed by atoms with Crippen molar-refractivity contribution in [2.45, 2.75) is 19.5 Å². The fourth-order valence-corrected chi connectivity index (χ4v) is 3.73. The van der Waals surface area contributed by atoms with E-state index >= 15 is 0 Å². The number of nitrogens with one attached hydrogen (secondary N) is 3. The molecule has 4 aromatic rings. The number of pyridine rings is 1. The van der Waals surface area contributed by atoms with Crippen molar-refractivity contribution in [1.82, 2.24) is 19.7 Å². The second-order valence-corrected chi connectivity index (χ2v) is 8.30.